The van der Waals surface area contributed by atoms with Gasteiger partial charge in [0.05, 0.1) is 5.56 Å². The molecule has 0 aliphatic carbocycles. The minimum atomic E-state index is 0.0989. The van der Waals surface area contributed by atoms with Gasteiger partial charge < -0.3 is 4.74 Å². The lowest BCUT2D eigenvalue weighted by atomic mass is 10.2. The van der Waals surface area contributed by atoms with Crippen LogP contribution in [0.1, 0.15) is 37.6 Å². The Balaban J connectivity index is 2.15. The van der Waals surface area contributed by atoms with Crippen molar-refractivity contribution in [3.05, 3.63) is 21.7 Å². The summed E-state index contributed by atoms with van der Waals surface area (Å²) in [4.78, 5) is 16.8. The maximum atomic E-state index is 12.2. The molecule has 0 saturated carbocycles. The fourth-order valence-electron chi connectivity index (χ4n) is 2.56. The largest absolute Gasteiger partial charge is 0.474 e. The summed E-state index contributed by atoms with van der Waals surface area (Å²) in [5.41, 5.74) is 0.907. The second-order valence-corrected chi connectivity index (χ2v) is 4.71. The Morgan fingerprint density at radius 2 is 2.25 bits per heavy atom. The van der Waals surface area contributed by atoms with E-state index in [0.29, 0.717) is 12.3 Å². The molecule has 0 saturated heterocycles. The molecule has 0 bridgehead atoms. The first kappa shape index (κ1) is 9.87. The summed E-state index contributed by atoms with van der Waals surface area (Å²) in [5.74, 6) is 1.50. The molecule has 0 fully saturated rings. The van der Waals surface area contributed by atoms with Crippen molar-refractivity contribution < 1.29 is 4.74 Å². The van der Waals surface area contributed by atoms with Crippen molar-refractivity contribution in [2.24, 2.45) is 0 Å². The van der Waals surface area contributed by atoms with Crippen LogP contribution < -0.4 is 10.3 Å². The number of hydrogen-bond donors (Lipinski definition) is 0. The molecule has 1 aromatic rings. The SMILES string of the molecule is C[C@@H]1Cc2c(nc3n(c2=O)CCCCC3)O1. The Morgan fingerprint density at radius 1 is 1.38 bits per heavy atom. The lowest BCUT2D eigenvalue weighted by molar-refractivity contribution is 0.245. The monoisotopic (exact) mass is 220 g/mol. The fraction of sp³-hybridized carbons (Fsp3) is 0.667. The van der Waals surface area contributed by atoms with E-state index in [-0.39, 0.29) is 11.7 Å². The second kappa shape index (κ2) is 3.61. The normalized spacial score (nSPS) is 23.2. The summed E-state index contributed by atoms with van der Waals surface area (Å²) in [7, 11) is 0. The fourth-order valence-corrected chi connectivity index (χ4v) is 2.56. The number of aryl methyl sites for hydroxylation is 1. The molecule has 0 unspecified atom stereocenters. The van der Waals surface area contributed by atoms with Crippen LogP contribution in [0.2, 0.25) is 0 Å². The maximum absolute atomic E-state index is 12.2. The molecule has 2 aliphatic heterocycles. The van der Waals surface area contributed by atoms with Crippen LogP contribution in [0.15, 0.2) is 4.79 Å². The molecule has 3 rings (SSSR count). The minimum absolute atomic E-state index is 0.0989. The van der Waals surface area contributed by atoms with Crippen LogP contribution in [0.4, 0.5) is 0 Å². The standard InChI is InChI=1S/C12H16N2O2/c1-8-7-9-11(16-8)13-10-5-3-2-4-6-14(10)12(9)15/h8H,2-7H2,1H3/t8-/m1/s1. The average Bonchev–Trinajstić information content (AvgIpc) is 2.48. The number of fused-ring (bicyclic) bond motifs is 2. The molecule has 0 N–H and O–H groups in total. The van der Waals surface area contributed by atoms with Crippen LogP contribution in [0.3, 0.4) is 0 Å². The van der Waals surface area contributed by atoms with Crippen LogP contribution >= 0.6 is 0 Å². The molecular formula is C12H16N2O2. The Bertz CT molecular complexity index is 479. The molecule has 86 valence electrons. The van der Waals surface area contributed by atoms with Gasteiger partial charge in [0, 0.05) is 19.4 Å². The van der Waals surface area contributed by atoms with Gasteiger partial charge in [-0.2, -0.15) is 4.98 Å². The molecule has 2 aliphatic rings. The van der Waals surface area contributed by atoms with Gasteiger partial charge in [0.2, 0.25) is 5.88 Å². The molecule has 0 amide bonds. The maximum Gasteiger partial charge on any atom is 0.260 e. The molecule has 4 heteroatoms. The highest BCUT2D eigenvalue weighted by Gasteiger charge is 2.26. The van der Waals surface area contributed by atoms with Gasteiger partial charge in [-0.25, -0.2) is 0 Å². The van der Waals surface area contributed by atoms with Crippen LogP contribution in [0, 0.1) is 0 Å². The van der Waals surface area contributed by atoms with E-state index in [2.05, 4.69) is 4.98 Å². The predicted molar refractivity (Wildman–Crippen MR) is 59.8 cm³/mol. The third kappa shape index (κ3) is 1.44. The van der Waals surface area contributed by atoms with Crippen molar-refractivity contribution in [2.75, 3.05) is 0 Å². The summed E-state index contributed by atoms with van der Waals surface area (Å²) in [6, 6.07) is 0. The highest BCUT2D eigenvalue weighted by molar-refractivity contribution is 5.29. The van der Waals surface area contributed by atoms with Crippen LogP contribution in [0.5, 0.6) is 5.88 Å². The van der Waals surface area contributed by atoms with Gasteiger partial charge in [-0.05, 0) is 19.8 Å². The van der Waals surface area contributed by atoms with Crippen molar-refractivity contribution in [2.45, 2.75) is 51.7 Å². The topological polar surface area (TPSA) is 44.1 Å². The predicted octanol–water partition coefficient (Wildman–Crippen LogP) is 1.29. The van der Waals surface area contributed by atoms with Gasteiger partial charge in [0.15, 0.2) is 0 Å². The van der Waals surface area contributed by atoms with Crippen molar-refractivity contribution in [1.82, 2.24) is 9.55 Å². The second-order valence-electron chi connectivity index (χ2n) is 4.71. The zero-order chi connectivity index (χ0) is 11.1. The van der Waals surface area contributed by atoms with Gasteiger partial charge >= 0.3 is 0 Å². The smallest absolute Gasteiger partial charge is 0.260 e. The number of aromatic nitrogens is 2. The van der Waals surface area contributed by atoms with Gasteiger partial charge in [-0.15, -0.1) is 0 Å². The van der Waals surface area contributed by atoms with Crippen molar-refractivity contribution in [3.8, 4) is 5.88 Å². The van der Waals surface area contributed by atoms with E-state index in [1.165, 1.54) is 6.42 Å². The molecule has 16 heavy (non-hydrogen) atoms. The molecule has 1 aromatic heterocycles. The van der Waals surface area contributed by atoms with Gasteiger partial charge in [0.1, 0.15) is 11.9 Å². The highest BCUT2D eigenvalue weighted by Crippen LogP contribution is 2.24. The molecule has 1 atom stereocenters. The first-order valence-corrected chi connectivity index (χ1v) is 6.05. The van der Waals surface area contributed by atoms with Crippen LogP contribution in [0.25, 0.3) is 0 Å². The molecule has 0 radical (unpaired) electrons. The average molecular weight is 220 g/mol. The Labute approximate surface area is 94.3 Å². The van der Waals surface area contributed by atoms with E-state index in [4.69, 9.17) is 4.74 Å². The number of nitrogens with zero attached hydrogens (tertiary/aromatic N) is 2. The quantitative estimate of drug-likeness (QED) is 0.662. The van der Waals surface area contributed by atoms with E-state index in [1.54, 1.807) is 0 Å². The molecule has 3 heterocycles. The van der Waals surface area contributed by atoms with Crippen molar-refractivity contribution in [1.29, 1.82) is 0 Å². The molecule has 4 nitrogen and oxygen atoms in total. The Kier molecular flexibility index (Phi) is 2.23. The summed E-state index contributed by atoms with van der Waals surface area (Å²) in [6.45, 7) is 2.81. The lowest BCUT2D eigenvalue weighted by Crippen LogP contribution is -2.26. The van der Waals surface area contributed by atoms with Gasteiger partial charge in [-0.3, -0.25) is 9.36 Å². The minimum Gasteiger partial charge on any atom is -0.474 e. The summed E-state index contributed by atoms with van der Waals surface area (Å²) in [6.07, 6.45) is 5.11. The van der Waals surface area contributed by atoms with Crippen LogP contribution in [-0.4, -0.2) is 15.7 Å². The zero-order valence-corrected chi connectivity index (χ0v) is 9.53. The third-order valence-electron chi connectivity index (χ3n) is 3.39. The summed E-state index contributed by atoms with van der Waals surface area (Å²) < 4.78 is 7.42. The van der Waals surface area contributed by atoms with E-state index in [1.807, 2.05) is 11.5 Å². The molecule has 0 spiro atoms. The van der Waals surface area contributed by atoms with E-state index < -0.39 is 0 Å². The van der Waals surface area contributed by atoms with Gasteiger partial charge in [0.25, 0.3) is 5.56 Å². The number of ether oxygens (including phenoxy) is 1. The Morgan fingerprint density at radius 3 is 3.12 bits per heavy atom. The molecule has 0 aromatic carbocycles. The van der Waals surface area contributed by atoms with Crippen LogP contribution in [-0.2, 0) is 19.4 Å². The third-order valence-corrected chi connectivity index (χ3v) is 3.39. The number of rotatable bonds is 0. The first-order chi connectivity index (χ1) is 7.75. The lowest BCUT2D eigenvalue weighted by Gasteiger charge is -2.09. The summed E-state index contributed by atoms with van der Waals surface area (Å²) >= 11 is 0. The van der Waals surface area contributed by atoms with Crippen molar-refractivity contribution in [3.63, 3.8) is 0 Å². The van der Waals surface area contributed by atoms with E-state index >= 15 is 0 Å². The van der Waals surface area contributed by atoms with E-state index in [0.717, 1.165) is 37.2 Å². The van der Waals surface area contributed by atoms with Gasteiger partial charge in [-0.1, -0.05) is 6.42 Å². The first-order valence-electron chi connectivity index (χ1n) is 6.05. The van der Waals surface area contributed by atoms with E-state index in [9.17, 15) is 4.79 Å². The number of hydrogen-bond acceptors (Lipinski definition) is 3. The Hall–Kier alpha value is -1.32. The molecular weight excluding hydrogens is 204 g/mol. The van der Waals surface area contributed by atoms with Crippen molar-refractivity contribution >= 4 is 0 Å². The highest BCUT2D eigenvalue weighted by atomic mass is 16.5. The summed E-state index contributed by atoms with van der Waals surface area (Å²) in [5, 5.41) is 0. The zero-order valence-electron chi connectivity index (χ0n) is 9.53.